The molecule has 1 aliphatic heterocycles. The van der Waals surface area contributed by atoms with Crippen molar-refractivity contribution in [1.29, 1.82) is 0 Å². The van der Waals surface area contributed by atoms with E-state index in [1.54, 1.807) is 7.05 Å². The van der Waals surface area contributed by atoms with Gasteiger partial charge in [0.2, 0.25) is 5.91 Å². The first-order valence-electron chi connectivity index (χ1n) is 8.64. The molecule has 1 saturated heterocycles. The van der Waals surface area contributed by atoms with Crippen molar-refractivity contribution in [3.63, 3.8) is 0 Å². The highest BCUT2D eigenvalue weighted by Crippen LogP contribution is 2.28. The van der Waals surface area contributed by atoms with Crippen molar-refractivity contribution in [3.8, 4) is 5.75 Å². The van der Waals surface area contributed by atoms with Gasteiger partial charge in [0.25, 0.3) is 0 Å². The number of guanidine groups is 1. The van der Waals surface area contributed by atoms with E-state index in [-0.39, 0.29) is 36.0 Å². The number of amides is 1. The summed E-state index contributed by atoms with van der Waals surface area (Å²) in [5.74, 6) is 1.83. The SMILES string of the molecule is CN=C(NCC(C)Oc1ccccc1)N1CCN(C2CC2)C(=O)C1.I. The highest BCUT2D eigenvalue weighted by atomic mass is 127. The molecule has 1 amide bonds. The minimum Gasteiger partial charge on any atom is -0.489 e. The van der Waals surface area contributed by atoms with Crippen LogP contribution in [0.15, 0.2) is 35.3 Å². The van der Waals surface area contributed by atoms with E-state index in [0.717, 1.165) is 37.6 Å². The highest BCUT2D eigenvalue weighted by molar-refractivity contribution is 14.0. The normalized spacial score (nSPS) is 19.3. The number of nitrogens with zero attached hydrogens (tertiary/aromatic N) is 3. The molecule has 1 saturated carbocycles. The first-order valence-corrected chi connectivity index (χ1v) is 8.64. The third-order valence-corrected chi connectivity index (χ3v) is 4.38. The summed E-state index contributed by atoms with van der Waals surface area (Å²) >= 11 is 0. The maximum atomic E-state index is 12.3. The molecule has 1 aromatic carbocycles. The minimum absolute atomic E-state index is 0. The van der Waals surface area contributed by atoms with Crippen LogP contribution in [-0.2, 0) is 4.79 Å². The summed E-state index contributed by atoms with van der Waals surface area (Å²) < 4.78 is 5.86. The van der Waals surface area contributed by atoms with Crippen LogP contribution < -0.4 is 10.1 Å². The molecule has 1 aromatic rings. The van der Waals surface area contributed by atoms with Gasteiger partial charge in [-0.15, -0.1) is 24.0 Å². The van der Waals surface area contributed by atoms with Gasteiger partial charge in [0.15, 0.2) is 5.96 Å². The lowest BCUT2D eigenvalue weighted by Gasteiger charge is -2.36. The Hall–Kier alpha value is -1.51. The topological polar surface area (TPSA) is 57.2 Å². The first-order chi connectivity index (χ1) is 11.7. The van der Waals surface area contributed by atoms with Gasteiger partial charge in [0, 0.05) is 26.2 Å². The van der Waals surface area contributed by atoms with Crippen LogP contribution >= 0.6 is 24.0 Å². The smallest absolute Gasteiger partial charge is 0.242 e. The Labute approximate surface area is 166 Å². The average molecular weight is 458 g/mol. The monoisotopic (exact) mass is 458 g/mol. The first kappa shape index (κ1) is 19.8. The zero-order chi connectivity index (χ0) is 16.9. The molecule has 2 fully saturated rings. The molecule has 1 aliphatic carbocycles. The fourth-order valence-electron chi connectivity index (χ4n) is 2.98. The van der Waals surface area contributed by atoms with E-state index in [2.05, 4.69) is 10.3 Å². The van der Waals surface area contributed by atoms with Crippen LogP contribution in [0.25, 0.3) is 0 Å². The maximum Gasteiger partial charge on any atom is 0.242 e. The van der Waals surface area contributed by atoms with Gasteiger partial charge >= 0.3 is 0 Å². The summed E-state index contributed by atoms with van der Waals surface area (Å²) in [5, 5.41) is 3.32. The van der Waals surface area contributed by atoms with Gasteiger partial charge < -0.3 is 19.9 Å². The number of hydrogen-bond acceptors (Lipinski definition) is 3. The van der Waals surface area contributed by atoms with Crippen LogP contribution in [0, 0.1) is 0 Å². The van der Waals surface area contributed by atoms with Crippen molar-refractivity contribution in [3.05, 3.63) is 30.3 Å². The number of rotatable bonds is 5. The Morgan fingerprint density at radius 1 is 1.32 bits per heavy atom. The maximum absolute atomic E-state index is 12.3. The van der Waals surface area contributed by atoms with Gasteiger partial charge in [0.1, 0.15) is 11.9 Å². The third-order valence-electron chi connectivity index (χ3n) is 4.38. The zero-order valence-corrected chi connectivity index (χ0v) is 17.2. The number of carbonyl (C=O) groups is 1. The predicted octanol–water partition coefficient (Wildman–Crippen LogP) is 1.95. The fourth-order valence-corrected chi connectivity index (χ4v) is 2.98. The molecule has 7 heteroatoms. The number of benzene rings is 1. The molecule has 138 valence electrons. The van der Waals surface area contributed by atoms with E-state index >= 15 is 0 Å². The summed E-state index contributed by atoms with van der Waals surface area (Å²) in [7, 11) is 1.75. The Balaban J connectivity index is 0.00000225. The fraction of sp³-hybridized carbons (Fsp3) is 0.556. The molecule has 0 radical (unpaired) electrons. The lowest BCUT2D eigenvalue weighted by Crippen LogP contribution is -2.56. The summed E-state index contributed by atoms with van der Waals surface area (Å²) in [6.07, 6.45) is 2.33. The quantitative estimate of drug-likeness (QED) is 0.417. The molecule has 25 heavy (non-hydrogen) atoms. The molecule has 0 spiro atoms. The molecule has 0 aromatic heterocycles. The van der Waals surface area contributed by atoms with Gasteiger partial charge in [0.05, 0.1) is 13.1 Å². The van der Waals surface area contributed by atoms with Crippen LogP contribution in [0.4, 0.5) is 0 Å². The van der Waals surface area contributed by atoms with Crippen LogP contribution in [-0.4, -0.2) is 67.0 Å². The number of para-hydroxylation sites is 1. The van der Waals surface area contributed by atoms with Crippen molar-refractivity contribution < 1.29 is 9.53 Å². The number of hydrogen-bond donors (Lipinski definition) is 1. The van der Waals surface area contributed by atoms with Crippen LogP contribution in [0.3, 0.4) is 0 Å². The molecule has 1 heterocycles. The largest absolute Gasteiger partial charge is 0.489 e. The molecule has 3 rings (SSSR count). The molecule has 1 N–H and O–H groups in total. The van der Waals surface area contributed by atoms with Crippen LogP contribution in [0.1, 0.15) is 19.8 Å². The minimum atomic E-state index is 0. The molecular weight excluding hydrogens is 431 g/mol. The number of aliphatic imine (C=N–C) groups is 1. The number of nitrogens with one attached hydrogen (secondary N) is 1. The molecule has 2 aliphatic rings. The number of halogens is 1. The second kappa shape index (κ2) is 9.26. The van der Waals surface area contributed by atoms with E-state index in [9.17, 15) is 4.79 Å². The van der Waals surface area contributed by atoms with Crippen molar-refractivity contribution in [2.24, 2.45) is 4.99 Å². The van der Waals surface area contributed by atoms with Gasteiger partial charge in [-0.3, -0.25) is 9.79 Å². The highest BCUT2D eigenvalue weighted by Gasteiger charge is 2.36. The lowest BCUT2D eigenvalue weighted by molar-refractivity contribution is -0.135. The summed E-state index contributed by atoms with van der Waals surface area (Å²) in [6.45, 7) is 4.68. The van der Waals surface area contributed by atoms with E-state index < -0.39 is 0 Å². The van der Waals surface area contributed by atoms with E-state index in [1.807, 2.05) is 47.1 Å². The second-order valence-corrected chi connectivity index (χ2v) is 6.41. The van der Waals surface area contributed by atoms with Gasteiger partial charge in [-0.25, -0.2) is 0 Å². The molecular formula is C18H27IN4O2. The van der Waals surface area contributed by atoms with Crippen molar-refractivity contribution in [2.75, 3.05) is 33.2 Å². The van der Waals surface area contributed by atoms with Crippen molar-refractivity contribution in [1.82, 2.24) is 15.1 Å². The summed E-state index contributed by atoms with van der Waals surface area (Å²) in [5.41, 5.74) is 0. The van der Waals surface area contributed by atoms with Gasteiger partial charge in [-0.2, -0.15) is 0 Å². The Morgan fingerprint density at radius 3 is 2.64 bits per heavy atom. The number of carbonyl (C=O) groups excluding carboxylic acids is 1. The molecule has 1 atom stereocenters. The molecule has 6 nitrogen and oxygen atoms in total. The lowest BCUT2D eigenvalue weighted by atomic mass is 10.3. The van der Waals surface area contributed by atoms with E-state index in [4.69, 9.17) is 4.74 Å². The van der Waals surface area contributed by atoms with Crippen molar-refractivity contribution >= 4 is 35.8 Å². The van der Waals surface area contributed by atoms with Gasteiger partial charge in [-0.1, -0.05) is 18.2 Å². The number of piperazine rings is 1. The Bertz CT molecular complexity index is 592. The standard InChI is InChI=1S/C18H26N4O2.HI/c1-14(24-16-6-4-3-5-7-16)12-20-18(19-2)21-10-11-22(15-8-9-15)17(23)13-21;/h3-7,14-15H,8-13H2,1-2H3,(H,19,20);1H. The zero-order valence-electron chi connectivity index (χ0n) is 14.9. The van der Waals surface area contributed by atoms with Crippen LogP contribution in [0.2, 0.25) is 0 Å². The summed E-state index contributed by atoms with van der Waals surface area (Å²) in [4.78, 5) is 20.6. The van der Waals surface area contributed by atoms with E-state index in [1.165, 1.54) is 0 Å². The van der Waals surface area contributed by atoms with Crippen molar-refractivity contribution in [2.45, 2.75) is 31.9 Å². The van der Waals surface area contributed by atoms with Gasteiger partial charge in [-0.05, 0) is 31.9 Å². The predicted molar refractivity (Wildman–Crippen MR) is 110 cm³/mol. The third kappa shape index (κ3) is 5.49. The molecule has 1 unspecified atom stereocenters. The van der Waals surface area contributed by atoms with Crippen LogP contribution in [0.5, 0.6) is 5.75 Å². The average Bonchev–Trinajstić information content (AvgIpc) is 3.41. The Morgan fingerprint density at radius 2 is 2.04 bits per heavy atom. The van der Waals surface area contributed by atoms with E-state index in [0.29, 0.717) is 19.1 Å². The second-order valence-electron chi connectivity index (χ2n) is 6.41. The summed E-state index contributed by atoms with van der Waals surface area (Å²) in [6, 6.07) is 10.3. The number of ether oxygens (including phenoxy) is 1. The molecule has 0 bridgehead atoms. The Kier molecular flexibility index (Phi) is 7.34.